The van der Waals surface area contributed by atoms with E-state index >= 15 is 0 Å². The highest BCUT2D eigenvalue weighted by molar-refractivity contribution is 5.41. The van der Waals surface area contributed by atoms with Crippen molar-refractivity contribution in [1.29, 1.82) is 0 Å². The third-order valence-corrected chi connectivity index (χ3v) is 3.80. The molecule has 0 saturated heterocycles. The van der Waals surface area contributed by atoms with Crippen molar-refractivity contribution in [1.82, 2.24) is 5.32 Å². The highest BCUT2D eigenvalue weighted by Gasteiger charge is 2.13. The van der Waals surface area contributed by atoms with Crippen molar-refractivity contribution in [3.63, 3.8) is 0 Å². The molecule has 4 heteroatoms. The van der Waals surface area contributed by atoms with Crippen molar-refractivity contribution in [2.75, 3.05) is 6.54 Å². The summed E-state index contributed by atoms with van der Waals surface area (Å²) in [6.07, 6.45) is 1.14. The van der Waals surface area contributed by atoms with Crippen molar-refractivity contribution in [3.8, 4) is 11.5 Å². The van der Waals surface area contributed by atoms with Gasteiger partial charge in [-0.15, -0.1) is 0 Å². The van der Waals surface area contributed by atoms with Crippen LogP contribution in [-0.4, -0.2) is 27.9 Å². The molecule has 0 saturated carbocycles. The van der Waals surface area contributed by atoms with Crippen molar-refractivity contribution < 1.29 is 15.3 Å². The van der Waals surface area contributed by atoms with Gasteiger partial charge in [0.05, 0.1) is 6.10 Å². The summed E-state index contributed by atoms with van der Waals surface area (Å²) < 4.78 is 0. The molecule has 2 aromatic rings. The smallest absolute Gasteiger partial charge is 0.157 e. The number of nitrogens with one attached hydrogen (secondary N) is 1. The van der Waals surface area contributed by atoms with Gasteiger partial charge in [-0.2, -0.15) is 0 Å². The number of benzene rings is 2. The average molecular weight is 301 g/mol. The second-order valence-electron chi connectivity index (χ2n) is 5.47. The lowest BCUT2D eigenvalue weighted by Crippen LogP contribution is -2.34. The van der Waals surface area contributed by atoms with E-state index in [1.165, 1.54) is 17.7 Å². The molecule has 0 aliphatic heterocycles. The van der Waals surface area contributed by atoms with E-state index in [0.717, 1.165) is 12.8 Å². The van der Waals surface area contributed by atoms with Gasteiger partial charge in [-0.05, 0) is 36.1 Å². The number of phenolic OH excluding ortho intramolecular Hbond substituents is 2. The van der Waals surface area contributed by atoms with Crippen LogP contribution in [0, 0.1) is 0 Å². The lowest BCUT2D eigenvalue weighted by Gasteiger charge is -2.20. The fraction of sp³-hybridized carbons (Fsp3) is 0.333. The first-order chi connectivity index (χ1) is 10.6. The normalized spacial score (nSPS) is 13.7. The summed E-state index contributed by atoms with van der Waals surface area (Å²) >= 11 is 0. The molecule has 118 valence electrons. The predicted molar refractivity (Wildman–Crippen MR) is 87.0 cm³/mol. The van der Waals surface area contributed by atoms with E-state index in [4.69, 9.17) is 0 Å². The summed E-state index contributed by atoms with van der Waals surface area (Å²) in [5.74, 6) is -0.396. The Morgan fingerprint density at radius 1 is 1.00 bits per heavy atom. The monoisotopic (exact) mass is 301 g/mol. The molecule has 0 radical (unpaired) electrons. The van der Waals surface area contributed by atoms with E-state index in [1.54, 1.807) is 6.07 Å². The van der Waals surface area contributed by atoms with E-state index in [0.29, 0.717) is 12.1 Å². The molecule has 0 bridgehead atoms. The first kappa shape index (κ1) is 16.3. The summed E-state index contributed by atoms with van der Waals surface area (Å²) in [5.41, 5.74) is 1.84. The quantitative estimate of drug-likeness (QED) is 0.593. The number of rotatable bonds is 7. The van der Waals surface area contributed by atoms with E-state index in [1.807, 2.05) is 18.2 Å². The molecule has 0 aliphatic carbocycles. The van der Waals surface area contributed by atoms with E-state index in [2.05, 4.69) is 24.4 Å². The van der Waals surface area contributed by atoms with Gasteiger partial charge in [-0.3, -0.25) is 0 Å². The minimum Gasteiger partial charge on any atom is -0.504 e. The maximum atomic E-state index is 10.2. The molecular formula is C18H23NO3. The van der Waals surface area contributed by atoms with Crippen LogP contribution < -0.4 is 5.32 Å². The van der Waals surface area contributed by atoms with Crippen LogP contribution in [0.1, 0.15) is 30.6 Å². The number of aromatic hydroxyl groups is 2. The highest BCUT2D eigenvalue weighted by Crippen LogP contribution is 2.27. The Hall–Kier alpha value is -2.04. The average Bonchev–Trinajstić information content (AvgIpc) is 2.54. The van der Waals surface area contributed by atoms with Crippen molar-refractivity contribution in [2.24, 2.45) is 0 Å². The Bertz CT molecular complexity index is 586. The highest BCUT2D eigenvalue weighted by atomic mass is 16.3. The van der Waals surface area contributed by atoms with Gasteiger partial charge >= 0.3 is 0 Å². The van der Waals surface area contributed by atoms with Crippen LogP contribution in [0.2, 0.25) is 0 Å². The van der Waals surface area contributed by atoms with Crippen LogP contribution in [0.5, 0.6) is 11.5 Å². The fourth-order valence-corrected chi connectivity index (χ4v) is 2.40. The molecule has 22 heavy (non-hydrogen) atoms. The number of hydrogen-bond donors (Lipinski definition) is 4. The summed E-state index contributed by atoms with van der Waals surface area (Å²) in [6.45, 7) is 2.51. The molecule has 4 nitrogen and oxygen atoms in total. The number of hydrogen-bond acceptors (Lipinski definition) is 4. The van der Waals surface area contributed by atoms with Crippen LogP contribution in [0.15, 0.2) is 48.5 Å². The lowest BCUT2D eigenvalue weighted by atomic mass is 10.0. The Morgan fingerprint density at radius 2 is 1.73 bits per heavy atom. The summed E-state index contributed by atoms with van der Waals surface area (Å²) in [7, 11) is 0. The Labute approximate surface area is 131 Å². The minimum absolute atomic E-state index is 0.181. The Balaban J connectivity index is 1.90. The molecule has 2 aromatic carbocycles. The first-order valence-electron chi connectivity index (χ1n) is 7.57. The molecule has 2 atom stereocenters. The van der Waals surface area contributed by atoms with Gasteiger partial charge in [0.15, 0.2) is 11.5 Å². The molecule has 0 amide bonds. The van der Waals surface area contributed by atoms with Gasteiger partial charge in [0, 0.05) is 12.6 Å². The van der Waals surface area contributed by atoms with Crippen LogP contribution in [0.3, 0.4) is 0 Å². The maximum absolute atomic E-state index is 10.2. The fourth-order valence-electron chi connectivity index (χ4n) is 2.40. The molecular weight excluding hydrogens is 278 g/mol. The molecule has 0 aromatic heterocycles. The minimum atomic E-state index is -0.726. The number of phenols is 2. The molecule has 0 spiro atoms. The van der Waals surface area contributed by atoms with E-state index in [-0.39, 0.29) is 17.5 Å². The maximum Gasteiger partial charge on any atom is 0.157 e. The van der Waals surface area contributed by atoms with Gasteiger partial charge in [-0.1, -0.05) is 43.3 Å². The zero-order chi connectivity index (χ0) is 15.9. The summed E-state index contributed by atoms with van der Waals surface area (Å²) in [5, 5.41) is 32.3. The summed E-state index contributed by atoms with van der Waals surface area (Å²) in [4.78, 5) is 0. The van der Waals surface area contributed by atoms with Gasteiger partial charge in [-0.25, -0.2) is 0 Å². The van der Waals surface area contributed by atoms with Gasteiger partial charge in [0.25, 0.3) is 0 Å². The largest absolute Gasteiger partial charge is 0.504 e. The Morgan fingerprint density at radius 3 is 2.36 bits per heavy atom. The molecule has 0 heterocycles. The van der Waals surface area contributed by atoms with Gasteiger partial charge < -0.3 is 20.6 Å². The molecule has 4 N–H and O–H groups in total. The predicted octanol–water partition coefficient (Wildman–Crippen LogP) is 2.74. The van der Waals surface area contributed by atoms with E-state index in [9.17, 15) is 15.3 Å². The standard InChI is InChI=1S/C18H23NO3/c1-2-15(10-13-6-4-3-5-7-13)19-12-18(22)14-8-9-16(20)17(21)11-14/h3-9,11,15,18-22H,2,10,12H2,1H3/t15-,18+/m1/s1. The number of aliphatic hydroxyl groups excluding tert-OH is 1. The van der Waals surface area contributed by atoms with Crippen molar-refractivity contribution in [2.45, 2.75) is 31.9 Å². The zero-order valence-corrected chi connectivity index (χ0v) is 12.7. The third kappa shape index (κ3) is 4.48. The topological polar surface area (TPSA) is 72.7 Å². The number of aliphatic hydroxyl groups is 1. The van der Waals surface area contributed by atoms with Crippen molar-refractivity contribution in [3.05, 3.63) is 59.7 Å². The molecule has 2 rings (SSSR count). The zero-order valence-electron chi connectivity index (χ0n) is 12.7. The Kier molecular flexibility index (Phi) is 5.81. The molecule has 0 unspecified atom stereocenters. The van der Waals surface area contributed by atoms with Crippen LogP contribution >= 0.6 is 0 Å². The molecule has 0 fully saturated rings. The second-order valence-corrected chi connectivity index (χ2v) is 5.47. The van der Waals surface area contributed by atoms with Gasteiger partial charge in [0.2, 0.25) is 0 Å². The first-order valence-corrected chi connectivity index (χ1v) is 7.57. The van der Waals surface area contributed by atoms with Gasteiger partial charge in [0.1, 0.15) is 0 Å². The van der Waals surface area contributed by atoms with Crippen LogP contribution in [0.4, 0.5) is 0 Å². The second kappa shape index (κ2) is 7.82. The van der Waals surface area contributed by atoms with Crippen LogP contribution in [0.25, 0.3) is 0 Å². The van der Waals surface area contributed by atoms with Crippen LogP contribution in [-0.2, 0) is 6.42 Å². The summed E-state index contributed by atoms with van der Waals surface area (Å²) in [6, 6.07) is 14.9. The third-order valence-electron chi connectivity index (χ3n) is 3.80. The lowest BCUT2D eigenvalue weighted by molar-refractivity contribution is 0.168. The van der Waals surface area contributed by atoms with E-state index < -0.39 is 6.10 Å². The van der Waals surface area contributed by atoms with Crippen molar-refractivity contribution >= 4 is 0 Å². The molecule has 0 aliphatic rings. The SMILES string of the molecule is CC[C@H](Cc1ccccc1)NC[C@H](O)c1ccc(O)c(O)c1.